The van der Waals surface area contributed by atoms with E-state index < -0.39 is 5.41 Å². The highest BCUT2D eigenvalue weighted by Crippen LogP contribution is 2.63. The third-order valence-electron chi connectivity index (χ3n) is 12.5. The Balaban J connectivity index is 1.12. The highest BCUT2D eigenvalue weighted by molar-refractivity contribution is 9.10. The van der Waals surface area contributed by atoms with Crippen molar-refractivity contribution in [2.45, 2.75) is 5.41 Å². The van der Waals surface area contributed by atoms with Crippen LogP contribution in [0, 0.1) is 0 Å². The molecule has 10 aromatic rings. The quantitative estimate of drug-likeness (QED) is 0.168. The average Bonchev–Trinajstić information content (AvgIpc) is 3.88. The van der Waals surface area contributed by atoms with Crippen LogP contribution >= 0.6 is 15.9 Å². The van der Waals surface area contributed by atoms with Gasteiger partial charge in [-0.2, -0.15) is 0 Å². The molecule has 12 rings (SSSR count). The highest BCUT2D eigenvalue weighted by atomic mass is 79.9. The van der Waals surface area contributed by atoms with Crippen molar-refractivity contribution in [3.63, 3.8) is 0 Å². The lowest BCUT2D eigenvalue weighted by atomic mass is 9.70. The van der Waals surface area contributed by atoms with Crippen LogP contribution in [0.1, 0.15) is 22.3 Å². The standard InChI is InChI=1S/C55H35BrN2/c56-38-25-30-45-43-17-7-10-20-49(43)55(51(45)33-38)50-21-11-8-18-44(50)46-31-28-41(34-52(46)55)57(40-26-23-37(24-27-40)36-13-3-1-4-14-36)42-29-32-48-47-19-9-12-22-53(47)58(54(48)35-42)39-15-5-2-6-16-39/h1-35H. The van der Waals surface area contributed by atoms with E-state index in [0.717, 1.165) is 27.2 Å². The second kappa shape index (κ2) is 12.8. The summed E-state index contributed by atoms with van der Waals surface area (Å²) in [6.07, 6.45) is 0. The molecule has 0 aliphatic heterocycles. The summed E-state index contributed by atoms with van der Waals surface area (Å²) in [6, 6.07) is 78.2. The van der Waals surface area contributed by atoms with Crippen LogP contribution in [-0.4, -0.2) is 4.57 Å². The van der Waals surface area contributed by atoms with Gasteiger partial charge in [0.1, 0.15) is 0 Å². The fraction of sp³-hybridized carbons (Fsp3) is 0.0182. The summed E-state index contributed by atoms with van der Waals surface area (Å²) in [7, 11) is 0. The summed E-state index contributed by atoms with van der Waals surface area (Å²) in [5, 5.41) is 2.48. The van der Waals surface area contributed by atoms with Crippen molar-refractivity contribution in [2.75, 3.05) is 4.90 Å². The molecular weight excluding hydrogens is 769 g/mol. The maximum atomic E-state index is 3.89. The van der Waals surface area contributed by atoms with Crippen LogP contribution < -0.4 is 4.90 Å². The van der Waals surface area contributed by atoms with E-state index in [2.05, 4.69) is 238 Å². The van der Waals surface area contributed by atoms with Gasteiger partial charge < -0.3 is 9.47 Å². The monoisotopic (exact) mass is 802 g/mol. The Bertz CT molecular complexity index is 3220. The third kappa shape index (κ3) is 4.71. The molecule has 58 heavy (non-hydrogen) atoms. The Hall–Kier alpha value is -6.94. The van der Waals surface area contributed by atoms with Crippen molar-refractivity contribution in [2.24, 2.45) is 0 Å². The minimum Gasteiger partial charge on any atom is -0.310 e. The van der Waals surface area contributed by atoms with Crippen LogP contribution in [-0.2, 0) is 5.41 Å². The molecule has 0 bridgehead atoms. The van der Waals surface area contributed by atoms with Crippen molar-refractivity contribution < 1.29 is 0 Å². The van der Waals surface area contributed by atoms with Crippen molar-refractivity contribution >= 4 is 54.8 Å². The minimum absolute atomic E-state index is 0.468. The predicted molar refractivity (Wildman–Crippen MR) is 245 cm³/mol. The van der Waals surface area contributed by atoms with Crippen LogP contribution in [0.4, 0.5) is 17.1 Å². The normalized spacial score (nSPS) is 14.7. The van der Waals surface area contributed by atoms with Crippen LogP contribution in [0.25, 0.3) is 60.9 Å². The van der Waals surface area contributed by atoms with E-state index in [-0.39, 0.29) is 0 Å². The number of hydrogen-bond donors (Lipinski definition) is 0. The molecule has 2 aliphatic carbocycles. The van der Waals surface area contributed by atoms with Gasteiger partial charge >= 0.3 is 0 Å². The van der Waals surface area contributed by atoms with Gasteiger partial charge in [-0.15, -0.1) is 0 Å². The summed E-state index contributed by atoms with van der Waals surface area (Å²) < 4.78 is 3.49. The lowest BCUT2D eigenvalue weighted by Gasteiger charge is -2.32. The topological polar surface area (TPSA) is 8.17 Å². The van der Waals surface area contributed by atoms with Gasteiger partial charge in [0.15, 0.2) is 0 Å². The highest BCUT2D eigenvalue weighted by Gasteiger charge is 2.51. The number of rotatable bonds is 5. The molecule has 3 heteroatoms. The van der Waals surface area contributed by atoms with E-state index in [4.69, 9.17) is 0 Å². The number of anilines is 3. The molecule has 0 saturated heterocycles. The van der Waals surface area contributed by atoms with E-state index >= 15 is 0 Å². The molecule has 0 fully saturated rings. The van der Waals surface area contributed by atoms with Crippen LogP contribution in [0.15, 0.2) is 217 Å². The summed E-state index contributed by atoms with van der Waals surface area (Å²) in [5.41, 5.74) is 19.2. The van der Waals surface area contributed by atoms with E-state index in [0.29, 0.717) is 0 Å². The first-order valence-corrected chi connectivity index (χ1v) is 20.7. The first-order valence-electron chi connectivity index (χ1n) is 19.9. The van der Waals surface area contributed by atoms with Gasteiger partial charge in [0.2, 0.25) is 0 Å². The molecule has 1 spiro atoms. The van der Waals surface area contributed by atoms with E-state index in [9.17, 15) is 0 Å². The number of aromatic nitrogens is 1. The molecule has 1 heterocycles. The predicted octanol–water partition coefficient (Wildman–Crippen LogP) is 15.0. The molecule has 272 valence electrons. The van der Waals surface area contributed by atoms with Crippen molar-refractivity contribution in [1.82, 2.24) is 4.57 Å². The minimum atomic E-state index is -0.468. The number of halogens is 1. The molecule has 2 aliphatic rings. The van der Waals surface area contributed by atoms with Crippen molar-refractivity contribution in [1.29, 1.82) is 0 Å². The summed E-state index contributed by atoms with van der Waals surface area (Å²) in [5.74, 6) is 0. The first-order chi connectivity index (χ1) is 28.7. The van der Waals surface area contributed by atoms with Gasteiger partial charge in [0.25, 0.3) is 0 Å². The summed E-state index contributed by atoms with van der Waals surface area (Å²) >= 11 is 3.89. The number of nitrogens with zero attached hydrogens (tertiary/aromatic N) is 2. The molecule has 2 nitrogen and oxygen atoms in total. The first kappa shape index (κ1) is 33.2. The van der Waals surface area contributed by atoms with Gasteiger partial charge in [0, 0.05) is 38.0 Å². The SMILES string of the molecule is Brc1ccc2c(c1)C1(c3ccccc3-2)c2ccccc2-c2ccc(N(c3ccc(-c4ccccc4)cc3)c3ccc4c5ccccc5n(-c5ccccc5)c4c3)cc21. The van der Waals surface area contributed by atoms with Gasteiger partial charge in [-0.3, -0.25) is 0 Å². The van der Waals surface area contributed by atoms with Crippen molar-refractivity contribution in [3.05, 3.63) is 239 Å². The van der Waals surface area contributed by atoms with E-state index in [1.807, 2.05) is 0 Å². The zero-order chi connectivity index (χ0) is 38.4. The Morgan fingerprint density at radius 3 is 1.62 bits per heavy atom. The summed E-state index contributed by atoms with van der Waals surface area (Å²) in [6.45, 7) is 0. The number of hydrogen-bond acceptors (Lipinski definition) is 1. The lowest BCUT2D eigenvalue weighted by Crippen LogP contribution is -2.26. The Morgan fingerprint density at radius 1 is 0.362 bits per heavy atom. The molecule has 1 atom stereocenters. The van der Waals surface area contributed by atoms with Crippen LogP contribution in [0.5, 0.6) is 0 Å². The molecular formula is C55H35BrN2. The average molecular weight is 804 g/mol. The van der Waals surface area contributed by atoms with Crippen LogP contribution in [0.2, 0.25) is 0 Å². The van der Waals surface area contributed by atoms with Gasteiger partial charge in [0.05, 0.1) is 16.4 Å². The molecule has 9 aromatic carbocycles. The van der Waals surface area contributed by atoms with Crippen molar-refractivity contribution in [3.8, 4) is 39.1 Å². The fourth-order valence-corrected chi connectivity index (χ4v) is 10.4. The van der Waals surface area contributed by atoms with E-state index in [1.165, 1.54) is 77.4 Å². The Kier molecular flexibility index (Phi) is 7.33. The smallest absolute Gasteiger partial charge is 0.0726 e. The molecule has 0 N–H and O–H groups in total. The zero-order valence-electron chi connectivity index (χ0n) is 31.5. The Morgan fingerprint density at radius 2 is 0.879 bits per heavy atom. The number of fused-ring (bicyclic) bond motifs is 13. The second-order valence-corrected chi connectivity index (χ2v) is 16.3. The molecule has 0 radical (unpaired) electrons. The third-order valence-corrected chi connectivity index (χ3v) is 12.9. The summed E-state index contributed by atoms with van der Waals surface area (Å²) in [4.78, 5) is 2.45. The molecule has 0 amide bonds. The second-order valence-electron chi connectivity index (χ2n) is 15.4. The molecule has 1 aromatic heterocycles. The number of benzene rings is 9. The van der Waals surface area contributed by atoms with Gasteiger partial charge in [-0.05, 0) is 122 Å². The Labute approximate surface area is 346 Å². The molecule has 1 unspecified atom stereocenters. The maximum absolute atomic E-state index is 3.89. The lowest BCUT2D eigenvalue weighted by molar-refractivity contribution is 0.793. The number of para-hydroxylation sites is 2. The fourth-order valence-electron chi connectivity index (χ4n) is 10.1. The molecule has 0 saturated carbocycles. The zero-order valence-corrected chi connectivity index (χ0v) is 33.1. The maximum Gasteiger partial charge on any atom is 0.0726 e. The van der Waals surface area contributed by atoms with Crippen LogP contribution in [0.3, 0.4) is 0 Å². The van der Waals surface area contributed by atoms with Gasteiger partial charge in [-0.25, -0.2) is 0 Å². The van der Waals surface area contributed by atoms with E-state index in [1.54, 1.807) is 0 Å². The van der Waals surface area contributed by atoms with Gasteiger partial charge in [-0.1, -0.05) is 162 Å². The largest absolute Gasteiger partial charge is 0.310 e.